The van der Waals surface area contributed by atoms with Crippen molar-refractivity contribution in [3.8, 4) is 0 Å². The standard InChI is InChI=1S/C17H26N2O5S/c1-11(2)8-13-9-14-12(6-7-15(18-14)25(21,22)23)10-19(13)16(20)24-17(3,4)5/h6-7,11,13H,8-10H2,1-5H3,(H,21,22,23). The summed E-state index contributed by atoms with van der Waals surface area (Å²) in [6.07, 6.45) is 0.787. The van der Waals surface area contributed by atoms with Gasteiger partial charge in [0.2, 0.25) is 0 Å². The zero-order chi connectivity index (χ0) is 19.0. The zero-order valence-corrected chi connectivity index (χ0v) is 16.1. The maximum Gasteiger partial charge on any atom is 0.410 e. The first-order valence-corrected chi connectivity index (χ1v) is 9.76. The Morgan fingerprint density at radius 3 is 2.56 bits per heavy atom. The van der Waals surface area contributed by atoms with Gasteiger partial charge < -0.3 is 9.64 Å². The lowest BCUT2D eigenvalue weighted by Gasteiger charge is -2.38. The predicted molar refractivity (Wildman–Crippen MR) is 92.8 cm³/mol. The summed E-state index contributed by atoms with van der Waals surface area (Å²) >= 11 is 0. The smallest absolute Gasteiger partial charge is 0.410 e. The quantitative estimate of drug-likeness (QED) is 0.822. The van der Waals surface area contributed by atoms with Crippen molar-refractivity contribution >= 4 is 16.2 Å². The summed E-state index contributed by atoms with van der Waals surface area (Å²) in [6.45, 7) is 9.89. The maximum absolute atomic E-state index is 12.6. The Kier molecular flexibility index (Phi) is 5.44. The van der Waals surface area contributed by atoms with E-state index in [1.807, 2.05) is 20.8 Å². The highest BCUT2D eigenvalue weighted by Crippen LogP contribution is 2.28. The molecule has 0 aromatic carbocycles. The van der Waals surface area contributed by atoms with Crippen molar-refractivity contribution in [3.63, 3.8) is 0 Å². The van der Waals surface area contributed by atoms with E-state index < -0.39 is 15.7 Å². The molecule has 8 heteroatoms. The van der Waals surface area contributed by atoms with E-state index in [2.05, 4.69) is 18.8 Å². The van der Waals surface area contributed by atoms with E-state index in [1.54, 1.807) is 11.0 Å². The Morgan fingerprint density at radius 2 is 2.04 bits per heavy atom. The van der Waals surface area contributed by atoms with Gasteiger partial charge in [-0.15, -0.1) is 0 Å². The molecule has 7 nitrogen and oxygen atoms in total. The van der Waals surface area contributed by atoms with Crippen LogP contribution in [0.5, 0.6) is 0 Å². The molecule has 0 radical (unpaired) electrons. The number of pyridine rings is 1. The zero-order valence-electron chi connectivity index (χ0n) is 15.3. The van der Waals surface area contributed by atoms with E-state index in [0.29, 0.717) is 24.6 Å². The molecule has 140 valence electrons. The lowest BCUT2D eigenvalue weighted by atomic mass is 9.92. The molecular weight excluding hydrogens is 344 g/mol. The third kappa shape index (κ3) is 5.15. The van der Waals surface area contributed by atoms with Gasteiger partial charge in [-0.25, -0.2) is 9.78 Å². The van der Waals surface area contributed by atoms with E-state index in [0.717, 1.165) is 12.0 Å². The van der Waals surface area contributed by atoms with Gasteiger partial charge in [0.15, 0.2) is 5.03 Å². The number of nitrogens with zero attached hydrogens (tertiary/aromatic N) is 2. The van der Waals surface area contributed by atoms with E-state index in [-0.39, 0.29) is 17.2 Å². The second-order valence-electron chi connectivity index (χ2n) is 7.83. The SMILES string of the molecule is CC(C)CC1Cc2nc(S(=O)(=O)O)ccc2CN1C(=O)OC(C)(C)C. The Bertz CT molecular complexity index is 753. The van der Waals surface area contributed by atoms with E-state index in [1.165, 1.54) is 6.07 Å². The largest absolute Gasteiger partial charge is 0.444 e. The third-order valence-electron chi connectivity index (χ3n) is 3.89. The number of aromatic nitrogens is 1. The summed E-state index contributed by atoms with van der Waals surface area (Å²) in [6, 6.07) is 2.71. The molecule has 1 aliphatic heterocycles. The third-order valence-corrected chi connectivity index (χ3v) is 4.65. The normalized spacial score (nSPS) is 18.2. The number of carbonyl (C=O) groups excluding carboxylic acids is 1. The molecule has 0 spiro atoms. The van der Waals surface area contributed by atoms with Gasteiger partial charge >= 0.3 is 16.2 Å². The molecule has 0 fully saturated rings. The van der Waals surface area contributed by atoms with Crippen LogP contribution < -0.4 is 0 Å². The molecule has 2 heterocycles. The number of fused-ring (bicyclic) bond motifs is 1. The molecule has 1 aromatic heterocycles. The van der Waals surface area contributed by atoms with Gasteiger partial charge in [-0.3, -0.25) is 4.55 Å². The van der Waals surface area contributed by atoms with Crippen LogP contribution in [-0.2, 0) is 27.8 Å². The van der Waals surface area contributed by atoms with Crippen LogP contribution in [0.3, 0.4) is 0 Å². The average Bonchev–Trinajstić information content (AvgIpc) is 2.42. The van der Waals surface area contributed by atoms with Crippen molar-refractivity contribution in [2.45, 2.75) is 70.7 Å². The highest BCUT2D eigenvalue weighted by molar-refractivity contribution is 7.85. The van der Waals surface area contributed by atoms with Gasteiger partial charge in [-0.1, -0.05) is 19.9 Å². The number of carbonyl (C=O) groups is 1. The minimum absolute atomic E-state index is 0.133. The molecule has 0 bridgehead atoms. The number of hydrogen-bond donors (Lipinski definition) is 1. The highest BCUT2D eigenvalue weighted by atomic mass is 32.2. The number of ether oxygens (including phenoxy) is 1. The van der Waals surface area contributed by atoms with Crippen LogP contribution in [-0.4, -0.2) is 40.6 Å². The molecule has 1 N–H and O–H groups in total. The first-order chi connectivity index (χ1) is 11.4. The maximum atomic E-state index is 12.6. The minimum Gasteiger partial charge on any atom is -0.444 e. The Labute approximate surface area is 149 Å². The van der Waals surface area contributed by atoms with Crippen LogP contribution in [0.25, 0.3) is 0 Å². The molecule has 1 atom stereocenters. The lowest BCUT2D eigenvalue weighted by molar-refractivity contribution is 0.00944. The first kappa shape index (κ1) is 19.7. The monoisotopic (exact) mass is 370 g/mol. The van der Waals surface area contributed by atoms with Crippen molar-refractivity contribution in [2.75, 3.05) is 0 Å². The molecule has 1 amide bonds. The summed E-state index contributed by atoms with van der Waals surface area (Å²) in [4.78, 5) is 18.4. The van der Waals surface area contributed by atoms with Gasteiger partial charge in [0.25, 0.3) is 0 Å². The Hall–Kier alpha value is -1.67. The first-order valence-electron chi connectivity index (χ1n) is 8.32. The molecule has 1 unspecified atom stereocenters. The van der Waals surface area contributed by atoms with Crippen molar-refractivity contribution in [1.29, 1.82) is 0 Å². The fourth-order valence-corrected chi connectivity index (χ4v) is 3.37. The van der Waals surface area contributed by atoms with Crippen LogP contribution in [0.15, 0.2) is 17.2 Å². The number of rotatable bonds is 3. The minimum atomic E-state index is -4.35. The average molecular weight is 370 g/mol. The van der Waals surface area contributed by atoms with Crippen molar-refractivity contribution in [2.24, 2.45) is 5.92 Å². The second kappa shape index (κ2) is 6.92. The van der Waals surface area contributed by atoms with Gasteiger partial charge in [0.1, 0.15) is 5.60 Å². The highest BCUT2D eigenvalue weighted by Gasteiger charge is 2.34. The van der Waals surface area contributed by atoms with E-state index in [9.17, 15) is 17.8 Å². The van der Waals surface area contributed by atoms with Gasteiger partial charge in [-0.05, 0) is 44.7 Å². The number of amides is 1. The summed E-state index contributed by atoms with van der Waals surface area (Å²) in [5.74, 6) is 0.348. The van der Waals surface area contributed by atoms with Gasteiger partial charge in [0.05, 0.1) is 6.54 Å². The second-order valence-corrected chi connectivity index (χ2v) is 9.19. The van der Waals surface area contributed by atoms with Crippen molar-refractivity contribution in [1.82, 2.24) is 9.88 Å². The molecule has 2 rings (SSSR count). The van der Waals surface area contributed by atoms with Crippen LogP contribution in [0, 0.1) is 5.92 Å². The molecule has 0 aliphatic carbocycles. The van der Waals surface area contributed by atoms with Gasteiger partial charge in [-0.2, -0.15) is 8.42 Å². The fourth-order valence-electron chi connectivity index (χ4n) is 2.91. The topological polar surface area (TPSA) is 96.8 Å². The predicted octanol–water partition coefficient (Wildman–Crippen LogP) is 3.04. The Morgan fingerprint density at radius 1 is 1.40 bits per heavy atom. The van der Waals surface area contributed by atoms with Crippen LogP contribution in [0.4, 0.5) is 4.79 Å². The molecule has 1 aliphatic rings. The van der Waals surface area contributed by atoms with E-state index in [4.69, 9.17) is 4.74 Å². The Balaban J connectivity index is 2.35. The summed E-state index contributed by atoms with van der Waals surface area (Å²) in [7, 11) is -4.35. The summed E-state index contributed by atoms with van der Waals surface area (Å²) < 4.78 is 37.3. The van der Waals surface area contributed by atoms with Crippen LogP contribution in [0.1, 0.15) is 52.3 Å². The van der Waals surface area contributed by atoms with Gasteiger partial charge in [0, 0.05) is 18.2 Å². The molecular formula is C17H26N2O5S. The molecule has 1 aromatic rings. The van der Waals surface area contributed by atoms with Crippen molar-refractivity contribution in [3.05, 3.63) is 23.4 Å². The van der Waals surface area contributed by atoms with E-state index >= 15 is 0 Å². The summed E-state index contributed by atoms with van der Waals surface area (Å²) in [5, 5.41) is -0.361. The number of hydrogen-bond acceptors (Lipinski definition) is 5. The van der Waals surface area contributed by atoms with Crippen molar-refractivity contribution < 1.29 is 22.5 Å². The molecule has 25 heavy (non-hydrogen) atoms. The van der Waals surface area contributed by atoms with Crippen LogP contribution >= 0.6 is 0 Å². The molecule has 0 saturated carbocycles. The van der Waals surface area contributed by atoms with Crippen LogP contribution in [0.2, 0.25) is 0 Å². The summed E-state index contributed by atoms with van der Waals surface area (Å²) in [5.41, 5.74) is 0.770. The molecule has 0 saturated heterocycles. The fraction of sp³-hybridized carbons (Fsp3) is 0.647. The lowest BCUT2D eigenvalue weighted by Crippen LogP contribution is -2.47.